The van der Waals surface area contributed by atoms with Gasteiger partial charge in [0.25, 0.3) is 5.56 Å². The van der Waals surface area contributed by atoms with Crippen LogP contribution in [0.3, 0.4) is 0 Å². The fraction of sp³-hybridized carbons (Fsp3) is 0.267. The number of nitriles is 1. The molecule has 0 aliphatic rings. The van der Waals surface area contributed by atoms with Crippen molar-refractivity contribution in [2.45, 2.75) is 25.1 Å². The monoisotopic (exact) mass is 301 g/mol. The zero-order chi connectivity index (χ0) is 15.4. The lowest BCUT2D eigenvalue weighted by Crippen LogP contribution is -2.14. The number of rotatable bonds is 4. The van der Waals surface area contributed by atoms with Gasteiger partial charge in [0.1, 0.15) is 17.4 Å². The molecule has 0 aliphatic heterocycles. The van der Waals surface area contributed by atoms with Crippen LogP contribution in [0.2, 0.25) is 0 Å². The van der Waals surface area contributed by atoms with E-state index in [2.05, 4.69) is 9.97 Å². The SMILES string of the molecule is CSc1nc(-c2ccc(OC(C)C)cc2)c(C#N)c(=O)[nH]1. The number of hydrogen-bond acceptors (Lipinski definition) is 5. The summed E-state index contributed by atoms with van der Waals surface area (Å²) in [5, 5.41) is 9.64. The highest BCUT2D eigenvalue weighted by Crippen LogP contribution is 2.24. The first-order valence-electron chi connectivity index (χ1n) is 6.40. The Kier molecular flexibility index (Phi) is 4.66. The topological polar surface area (TPSA) is 78.8 Å². The van der Waals surface area contributed by atoms with Crippen LogP contribution in [0.5, 0.6) is 5.75 Å². The number of thioether (sulfide) groups is 1. The first-order chi connectivity index (χ1) is 10.0. The number of hydrogen-bond donors (Lipinski definition) is 1. The third-order valence-corrected chi connectivity index (χ3v) is 3.28. The van der Waals surface area contributed by atoms with E-state index in [0.717, 1.165) is 5.75 Å². The zero-order valence-electron chi connectivity index (χ0n) is 12.0. The molecule has 1 heterocycles. The summed E-state index contributed by atoms with van der Waals surface area (Å²) in [6, 6.07) is 9.11. The Morgan fingerprint density at radius 1 is 1.33 bits per heavy atom. The molecule has 0 fully saturated rings. The molecule has 1 aromatic heterocycles. The Balaban J connectivity index is 2.48. The molecule has 0 unspecified atom stereocenters. The van der Waals surface area contributed by atoms with E-state index in [9.17, 15) is 4.79 Å². The third kappa shape index (κ3) is 3.44. The molecule has 108 valence electrons. The minimum absolute atomic E-state index is 0.0188. The second-order valence-electron chi connectivity index (χ2n) is 4.60. The van der Waals surface area contributed by atoms with Crippen molar-refractivity contribution < 1.29 is 4.74 Å². The van der Waals surface area contributed by atoms with Gasteiger partial charge >= 0.3 is 0 Å². The van der Waals surface area contributed by atoms with E-state index >= 15 is 0 Å². The average molecular weight is 301 g/mol. The van der Waals surface area contributed by atoms with Crippen molar-refractivity contribution in [1.29, 1.82) is 5.26 Å². The second kappa shape index (κ2) is 6.46. The predicted molar refractivity (Wildman–Crippen MR) is 82.6 cm³/mol. The van der Waals surface area contributed by atoms with Crippen molar-refractivity contribution in [3.05, 3.63) is 40.2 Å². The fourth-order valence-corrected chi connectivity index (χ4v) is 2.20. The van der Waals surface area contributed by atoms with Crippen molar-refractivity contribution >= 4 is 11.8 Å². The molecule has 1 N–H and O–H groups in total. The summed E-state index contributed by atoms with van der Waals surface area (Å²) in [4.78, 5) is 18.8. The lowest BCUT2D eigenvalue weighted by molar-refractivity contribution is 0.242. The fourth-order valence-electron chi connectivity index (χ4n) is 1.83. The summed E-state index contributed by atoms with van der Waals surface area (Å²) in [5.41, 5.74) is 0.699. The molecule has 0 saturated carbocycles. The van der Waals surface area contributed by atoms with E-state index in [4.69, 9.17) is 10.00 Å². The summed E-state index contributed by atoms with van der Waals surface area (Å²) in [6.45, 7) is 3.90. The molecule has 1 aromatic carbocycles. The molecule has 0 saturated heterocycles. The number of nitrogens with zero attached hydrogens (tertiary/aromatic N) is 2. The molecule has 5 nitrogen and oxygen atoms in total. The Labute approximate surface area is 127 Å². The van der Waals surface area contributed by atoms with E-state index in [1.54, 1.807) is 24.3 Å². The van der Waals surface area contributed by atoms with Gasteiger partial charge in [-0.15, -0.1) is 0 Å². The Morgan fingerprint density at radius 3 is 2.52 bits per heavy atom. The largest absolute Gasteiger partial charge is 0.491 e. The number of nitrogens with one attached hydrogen (secondary N) is 1. The van der Waals surface area contributed by atoms with Gasteiger partial charge in [-0.1, -0.05) is 11.8 Å². The molecule has 0 spiro atoms. The number of aromatic amines is 1. The Morgan fingerprint density at radius 2 is 2.00 bits per heavy atom. The molecule has 0 radical (unpaired) electrons. The summed E-state index contributed by atoms with van der Waals surface area (Å²) < 4.78 is 5.57. The van der Waals surface area contributed by atoms with Crippen LogP contribution in [-0.4, -0.2) is 22.3 Å². The molecule has 21 heavy (non-hydrogen) atoms. The van der Waals surface area contributed by atoms with Gasteiger partial charge in [0.05, 0.1) is 11.8 Å². The Bertz CT molecular complexity index is 730. The number of aromatic nitrogens is 2. The molecule has 2 aromatic rings. The lowest BCUT2D eigenvalue weighted by atomic mass is 10.1. The van der Waals surface area contributed by atoms with Crippen LogP contribution in [0.15, 0.2) is 34.2 Å². The van der Waals surface area contributed by atoms with Gasteiger partial charge in [0, 0.05) is 5.56 Å². The predicted octanol–water partition coefficient (Wildman–Crippen LogP) is 2.82. The highest BCUT2D eigenvalue weighted by Gasteiger charge is 2.13. The molecular formula is C15H15N3O2S. The summed E-state index contributed by atoms with van der Waals surface area (Å²) in [6.07, 6.45) is 1.90. The summed E-state index contributed by atoms with van der Waals surface area (Å²) >= 11 is 1.32. The van der Waals surface area contributed by atoms with Gasteiger partial charge in [-0.25, -0.2) is 4.98 Å². The first-order valence-corrected chi connectivity index (χ1v) is 7.63. The van der Waals surface area contributed by atoms with Gasteiger partial charge in [0.2, 0.25) is 0 Å². The van der Waals surface area contributed by atoms with Crippen molar-refractivity contribution in [1.82, 2.24) is 9.97 Å². The molecule has 2 rings (SSSR count). The molecule has 6 heteroatoms. The maximum absolute atomic E-state index is 11.9. The summed E-state index contributed by atoms with van der Waals surface area (Å²) in [7, 11) is 0. The third-order valence-electron chi connectivity index (χ3n) is 2.70. The minimum atomic E-state index is -0.422. The van der Waals surface area contributed by atoms with E-state index in [1.165, 1.54) is 11.8 Å². The highest BCUT2D eigenvalue weighted by atomic mass is 32.2. The molecule has 0 aliphatic carbocycles. The number of H-pyrrole nitrogens is 1. The molecule has 0 bridgehead atoms. The van der Waals surface area contributed by atoms with Crippen LogP contribution < -0.4 is 10.3 Å². The molecule has 0 amide bonds. The van der Waals surface area contributed by atoms with Crippen LogP contribution >= 0.6 is 11.8 Å². The van der Waals surface area contributed by atoms with E-state index in [-0.39, 0.29) is 11.7 Å². The first kappa shape index (κ1) is 15.1. The van der Waals surface area contributed by atoms with Crippen LogP contribution in [-0.2, 0) is 0 Å². The molecular weight excluding hydrogens is 286 g/mol. The quantitative estimate of drug-likeness (QED) is 0.694. The molecule has 0 atom stereocenters. The smallest absolute Gasteiger partial charge is 0.270 e. The van der Waals surface area contributed by atoms with Crippen molar-refractivity contribution in [3.8, 4) is 23.1 Å². The summed E-state index contributed by atoms with van der Waals surface area (Å²) in [5.74, 6) is 0.738. The van der Waals surface area contributed by atoms with Crippen molar-refractivity contribution in [2.24, 2.45) is 0 Å². The zero-order valence-corrected chi connectivity index (χ0v) is 12.8. The Hall–Kier alpha value is -2.26. The van der Waals surface area contributed by atoms with Crippen LogP contribution in [0.1, 0.15) is 19.4 Å². The van der Waals surface area contributed by atoms with Gasteiger partial charge in [-0.3, -0.25) is 4.79 Å². The maximum atomic E-state index is 11.9. The van der Waals surface area contributed by atoms with Gasteiger partial charge in [0.15, 0.2) is 5.16 Å². The van der Waals surface area contributed by atoms with Crippen LogP contribution in [0, 0.1) is 11.3 Å². The van der Waals surface area contributed by atoms with Gasteiger partial charge in [-0.05, 0) is 44.4 Å². The normalized spacial score (nSPS) is 10.4. The average Bonchev–Trinajstić information content (AvgIpc) is 2.46. The van der Waals surface area contributed by atoms with E-state index in [0.29, 0.717) is 16.4 Å². The van der Waals surface area contributed by atoms with Crippen LogP contribution in [0.4, 0.5) is 0 Å². The minimum Gasteiger partial charge on any atom is -0.491 e. The van der Waals surface area contributed by atoms with Gasteiger partial charge < -0.3 is 9.72 Å². The lowest BCUT2D eigenvalue weighted by Gasteiger charge is -2.10. The highest BCUT2D eigenvalue weighted by molar-refractivity contribution is 7.98. The second-order valence-corrected chi connectivity index (χ2v) is 5.40. The van der Waals surface area contributed by atoms with Crippen molar-refractivity contribution in [3.63, 3.8) is 0 Å². The standard InChI is InChI=1S/C15H15N3O2S/c1-9(2)20-11-6-4-10(5-7-11)13-12(8-16)14(19)18-15(17-13)21-3/h4-7,9H,1-3H3,(H,17,18,19). The number of benzene rings is 1. The van der Waals surface area contributed by atoms with E-state index < -0.39 is 5.56 Å². The number of ether oxygens (including phenoxy) is 1. The van der Waals surface area contributed by atoms with E-state index in [1.807, 2.05) is 26.2 Å². The van der Waals surface area contributed by atoms with Crippen molar-refractivity contribution in [2.75, 3.05) is 6.26 Å². The maximum Gasteiger partial charge on any atom is 0.270 e. The van der Waals surface area contributed by atoms with Crippen LogP contribution in [0.25, 0.3) is 11.3 Å². The van der Waals surface area contributed by atoms with Gasteiger partial charge in [-0.2, -0.15) is 5.26 Å².